The van der Waals surface area contributed by atoms with Crippen LogP contribution in [0.4, 0.5) is 16.2 Å². The van der Waals surface area contributed by atoms with Crippen molar-refractivity contribution in [2.45, 2.75) is 38.3 Å². The van der Waals surface area contributed by atoms with Crippen LogP contribution >= 0.6 is 22.6 Å². The molecule has 2 aromatic rings. The Morgan fingerprint density at radius 2 is 2.15 bits per heavy atom. The van der Waals surface area contributed by atoms with E-state index in [4.69, 9.17) is 16.2 Å². The summed E-state index contributed by atoms with van der Waals surface area (Å²) in [7, 11) is 0. The summed E-state index contributed by atoms with van der Waals surface area (Å²) in [5.41, 5.74) is 17.5. The predicted octanol–water partition coefficient (Wildman–Crippen LogP) is 3.30. The zero-order valence-corrected chi connectivity index (χ0v) is 20.6. The molecule has 2 aliphatic heterocycles. The van der Waals surface area contributed by atoms with E-state index in [9.17, 15) is 9.59 Å². The summed E-state index contributed by atoms with van der Waals surface area (Å²) in [6, 6.07) is 12.7. The minimum atomic E-state index is -0.395. The number of rotatable bonds is 6. The molecule has 8 nitrogen and oxygen atoms in total. The van der Waals surface area contributed by atoms with E-state index in [0.29, 0.717) is 18.8 Å². The fraction of sp³-hybridized carbons (Fsp3) is 0.333. The predicted molar refractivity (Wildman–Crippen MR) is 138 cm³/mol. The van der Waals surface area contributed by atoms with E-state index >= 15 is 0 Å². The van der Waals surface area contributed by atoms with E-state index in [-0.39, 0.29) is 18.1 Å². The maximum Gasteiger partial charge on any atom is 0.414 e. The highest BCUT2D eigenvalue weighted by molar-refractivity contribution is 14.1. The van der Waals surface area contributed by atoms with Crippen molar-refractivity contribution in [3.8, 4) is 11.1 Å². The number of nitrogens with zero attached hydrogens (tertiary/aromatic N) is 1. The fourth-order valence-corrected chi connectivity index (χ4v) is 5.05. The molecular weight excluding hydrogens is 533 g/mol. The van der Waals surface area contributed by atoms with Crippen LogP contribution in [0.3, 0.4) is 0 Å². The molecule has 174 valence electrons. The molecule has 0 bridgehead atoms. The Morgan fingerprint density at radius 3 is 2.88 bits per heavy atom. The number of carbonyl (C=O) groups excluding carboxylic acids is 2. The summed E-state index contributed by atoms with van der Waals surface area (Å²) < 4.78 is 6.43. The number of cyclic esters (lactones) is 1. The van der Waals surface area contributed by atoms with Crippen molar-refractivity contribution in [1.82, 2.24) is 5.32 Å². The van der Waals surface area contributed by atoms with E-state index in [1.165, 1.54) is 18.7 Å². The normalized spacial score (nSPS) is 20.1. The van der Waals surface area contributed by atoms with Crippen LogP contribution in [0, 0.1) is 3.57 Å². The Labute approximate surface area is 206 Å². The van der Waals surface area contributed by atoms with Crippen LogP contribution in [0.25, 0.3) is 11.1 Å². The molecule has 0 aromatic heterocycles. The first-order valence-electron chi connectivity index (χ1n) is 10.9. The summed E-state index contributed by atoms with van der Waals surface area (Å²) in [5, 5.41) is 6.26. The van der Waals surface area contributed by atoms with Gasteiger partial charge in [0.25, 0.3) is 0 Å². The highest BCUT2D eigenvalue weighted by Gasteiger charge is 2.32. The zero-order valence-electron chi connectivity index (χ0n) is 18.4. The van der Waals surface area contributed by atoms with Crippen molar-refractivity contribution in [2.24, 2.45) is 11.5 Å². The van der Waals surface area contributed by atoms with E-state index in [1.807, 2.05) is 18.2 Å². The number of carbonyl (C=O) groups is 2. The van der Waals surface area contributed by atoms with Gasteiger partial charge >= 0.3 is 6.09 Å². The second-order valence-electron chi connectivity index (χ2n) is 8.42. The van der Waals surface area contributed by atoms with Crippen molar-refractivity contribution in [1.29, 1.82) is 0 Å². The molecule has 1 fully saturated rings. The second-order valence-corrected chi connectivity index (χ2v) is 9.58. The van der Waals surface area contributed by atoms with Gasteiger partial charge in [-0.25, -0.2) is 4.79 Å². The third-order valence-corrected chi connectivity index (χ3v) is 6.84. The van der Waals surface area contributed by atoms with Gasteiger partial charge in [0.15, 0.2) is 0 Å². The number of aryl methyl sites for hydroxylation is 1. The lowest BCUT2D eigenvalue weighted by atomic mass is 9.92. The summed E-state index contributed by atoms with van der Waals surface area (Å²) in [5.74, 6) is -0.143. The molecule has 1 saturated heterocycles. The maximum absolute atomic E-state index is 12.3. The first-order valence-corrected chi connectivity index (χ1v) is 12.0. The average Bonchev–Trinajstić information content (AvgIpc) is 3.17. The number of ether oxygens (including phenoxy) is 1. The highest BCUT2D eigenvalue weighted by atomic mass is 127. The maximum atomic E-state index is 12.3. The minimum Gasteiger partial charge on any atom is -0.442 e. The molecule has 2 aliphatic rings. The Balaban J connectivity index is 1.48. The third-order valence-electron chi connectivity index (χ3n) is 5.95. The fourth-order valence-electron chi connectivity index (χ4n) is 4.24. The number of hydrogen-bond donors (Lipinski definition) is 4. The molecule has 2 atom stereocenters. The molecule has 1 unspecified atom stereocenters. The Morgan fingerprint density at radius 1 is 1.33 bits per heavy atom. The van der Waals surface area contributed by atoms with E-state index < -0.39 is 6.09 Å². The average molecular weight is 561 g/mol. The summed E-state index contributed by atoms with van der Waals surface area (Å²) in [4.78, 5) is 25.1. The number of nitrogens with one attached hydrogen (secondary N) is 2. The lowest BCUT2D eigenvalue weighted by molar-refractivity contribution is -0.119. The Bertz CT molecular complexity index is 1100. The number of hydrogen-bond acceptors (Lipinski definition) is 6. The van der Waals surface area contributed by atoms with Gasteiger partial charge in [-0.3, -0.25) is 9.69 Å². The molecule has 0 radical (unpaired) electrons. The van der Waals surface area contributed by atoms with Crippen molar-refractivity contribution >= 4 is 46.0 Å². The van der Waals surface area contributed by atoms with Crippen LogP contribution in [0.2, 0.25) is 0 Å². The molecule has 33 heavy (non-hydrogen) atoms. The van der Waals surface area contributed by atoms with Crippen LogP contribution in [0.5, 0.6) is 0 Å². The van der Waals surface area contributed by atoms with E-state index in [0.717, 1.165) is 45.3 Å². The van der Waals surface area contributed by atoms with Gasteiger partial charge in [-0.1, -0.05) is 12.1 Å². The zero-order chi connectivity index (χ0) is 23.5. The molecule has 2 amide bonds. The van der Waals surface area contributed by atoms with Crippen molar-refractivity contribution in [3.05, 3.63) is 57.4 Å². The molecule has 4 rings (SSSR count). The van der Waals surface area contributed by atoms with Crippen molar-refractivity contribution in [3.63, 3.8) is 0 Å². The van der Waals surface area contributed by atoms with E-state index in [1.54, 1.807) is 4.90 Å². The van der Waals surface area contributed by atoms with Crippen molar-refractivity contribution < 1.29 is 14.3 Å². The molecule has 6 N–H and O–H groups in total. The van der Waals surface area contributed by atoms with Crippen LogP contribution in [-0.2, 0) is 16.0 Å². The molecule has 0 aliphatic carbocycles. The topological polar surface area (TPSA) is 123 Å². The van der Waals surface area contributed by atoms with Crippen LogP contribution < -0.4 is 27.0 Å². The smallest absolute Gasteiger partial charge is 0.414 e. The Hall–Kier alpha value is -2.95. The summed E-state index contributed by atoms with van der Waals surface area (Å²) in [6.45, 7) is 2.16. The number of nitrogens with two attached hydrogens (primary N) is 2. The van der Waals surface area contributed by atoms with Gasteiger partial charge in [-0.15, -0.1) is 0 Å². The highest BCUT2D eigenvalue weighted by Crippen LogP contribution is 2.35. The van der Waals surface area contributed by atoms with Gasteiger partial charge in [0.2, 0.25) is 5.91 Å². The van der Waals surface area contributed by atoms with Gasteiger partial charge in [0, 0.05) is 46.2 Å². The van der Waals surface area contributed by atoms with Crippen molar-refractivity contribution in [2.75, 3.05) is 23.3 Å². The number of benzene rings is 2. The van der Waals surface area contributed by atoms with Gasteiger partial charge in [0.1, 0.15) is 6.10 Å². The summed E-state index contributed by atoms with van der Waals surface area (Å²) in [6.07, 6.45) is 3.43. The van der Waals surface area contributed by atoms with Gasteiger partial charge in [-0.2, -0.15) is 0 Å². The first-order chi connectivity index (χ1) is 15.8. The molecule has 0 spiro atoms. The van der Waals surface area contributed by atoms with Crippen LogP contribution in [-0.4, -0.2) is 37.2 Å². The molecule has 2 heterocycles. The number of halogens is 1. The lowest BCUT2D eigenvalue weighted by Gasteiger charge is -2.27. The quantitative estimate of drug-likeness (QED) is 0.402. The second kappa shape index (κ2) is 9.90. The van der Waals surface area contributed by atoms with Crippen LogP contribution in [0.15, 0.2) is 48.3 Å². The van der Waals surface area contributed by atoms with E-state index in [2.05, 4.69) is 51.4 Å². The minimum absolute atomic E-state index is 0.143. The lowest BCUT2D eigenvalue weighted by Crippen LogP contribution is -2.33. The SMILES string of the molecule is CC(=O)NC[C@H]1CN(c2ccc(-c3ccc4c(c3)CCC(C/C(N)=C/N)N4)c(I)c2)C(=O)O1. The van der Waals surface area contributed by atoms with Crippen LogP contribution in [0.1, 0.15) is 25.3 Å². The molecule has 2 aromatic carbocycles. The first kappa shape index (κ1) is 23.2. The standard InChI is InChI=1S/C24H28IN5O3/c1-14(31)28-12-20-13-30(24(32)33-20)19-5-6-21(22(25)10-19)15-3-7-23-16(8-15)2-4-18(29-23)9-17(27)11-26/h3,5-8,10-11,18,20,29H,2,4,9,12-13,26-27H2,1H3,(H,28,31)/b17-11-/t18?,20-/m0/s1. The van der Waals surface area contributed by atoms with Gasteiger partial charge in [0.05, 0.1) is 13.1 Å². The van der Waals surface area contributed by atoms with Gasteiger partial charge < -0.3 is 26.8 Å². The largest absolute Gasteiger partial charge is 0.442 e. The van der Waals surface area contributed by atoms with Gasteiger partial charge in [-0.05, 0) is 76.4 Å². The number of anilines is 2. The third kappa shape index (κ3) is 5.35. The molecular formula is C24H28IN5O3. The Kier molecular flexibility index (Phi) is 6.96. The molecule has 9 heteroatoms. The molecule has 0 saturated carbocycles. The number of amides is 2. The monoisotopic (exact) mass is 561 g/mol. The summed E-state index contributed by atoms with van der Waals surface area (Å²) >= 11 is 2.31. The number of fused-ring (bicyclic) bond motifs is 1.